The number of carbonyl (C=O) groups excluding carboxylic acids is 1. The van der Waals surface area contributed by atoms with Crippen molar-refractivity contribution in [1.82, 2.24) is 15.2 Å². The Morgan fingerprint density at radius 3 is 2.58 bits per heavy atom. The Kier molecular flexibility index (Phi) is 5.93. The summed E-state index contributed by atoms with van der Waals surface area (Å²) in [6.45, 7) is 0.539. The van der Waals surface area contributed by atoms with Gasteiger partial charge < -0.3 is 0 Å². The third-order valence-electron chi connectivity index (χ3n) is 3.45. The standard InChI is InChI=1S/C18H13Cl3N4O/c19-14-4-1-12(2-5-14)11-25-8-7-17(24-25)18(26)23-22-10-13-3-6-15(20)16(21)9-13/h1-10H,11H2,(H,23,26)/b22-10-. The zero-order chi connectivity index (χ0) is 18.5. The maximum absolute atomic E-state index is 12.1. The largest absolute Gasteiger partial charge is 0.291 e. The summed E-state index contributed by atoms with van der Waals surface area (Å²) in [4.78, 5) is 12.1. The maximum atomic E-state index is 12.1. The first kappa shape index (κ1) is 18.5. The van der Waals surface area contributed by atoms with Crippen LogP contribution in [0.25, 0.3) is 0 Å². The molecule has 0 bridgehead atoms. The molecule has 3 aromatic rings. The predicted molar refractivity (Wildman–Crippen MR) is 104 cm³/mol. The molecule has 1 N–H and O–H groups in total. The van der Waals surface area contributed by atoms with Crippen LogP contribution in [0.1, 0.15) is 21.6 Å². The molecule has 5 nitrogen and oxygen atoms in total. The smallest absolute Gasteiger partial charge is 0.268 e. The summed E-state index contributed by atoms with van der Waals surface area (Å²) in [7, 11) is 0. The van der Waals surface area contributed by atoms with Crippen LogP contribution in [-0.4, -0.2) is 21.9 Å². The number of hydrogen-bond donors (Lipinski definition) is 1. The van der Waals surface area contributed by atoms with Crippen molar-refractivity contribution < 1.29 is 4.79 Å². The summed E-state index contributed by atoms with van der Waals surface area (Å²) in [6.07, 6.45) is 3.21. The molecular weight excluding hydrogens is 395 g/mol. The second kappa shape index (κ2) is 8.36. The zero-order valence-corrected chi connectivity index (χ0v) is 15.6. The maximum Gasteiger partial charge on any atom is 0.291 e. The van der Waals surface area contributed by atoms with Crippen molar-refractivity contribution in [3.05, 3.63) is 86.6 Å². The molecule has 0 unspecified atom stereocenters. The molecule has 0 aliphatic carbocycles. The van der Waals surface area contributed by atoms with Gasteiger partial charge in [-0.05, 0) is 41.5 Å². The Labute approximate surface area is 165 Å². The molecule has 0 fully saturated rings. The summed E-state index contributed by atoms with van der Waals surface area (Å²) in [6, 6.07) is 14.1. The van der Waals surface area contributed by atoms with Gasteiger partial charge in [-0.3, -0.25) is 9.48 Å². The summed E-state index contributed by atoms with van der Waals surface area (Å²) >= 11 is 17.6. The summed E-state index contributed by atoms with van der Waals surface area (Å²) in [5.74, 6) is -0.406. The van der Waals surface area contributed by atoms with Crippen LogP contribution in [0.4, 0.5) is 0 Å². The quantitative estimate of drug-likeness (QED) is 0.494. The van der Waals surface area contributed by atoms with Crippen LogP contribution in [0.3, 0.4) is 0 Å². The minimum atomic E-state index is -0.406. The third-order valence-corrected chi connectivity index (χ3v) is 4.45. The van der Waals surface area contributed by atoms with Crippen molar-refractivity contribution in [2.45, 2.75) is 6.54 Å². The Morgan fingerprint density at radius 1 is 1.08 bits per heavy atom. The van der Waals surface area contributed by atoms with E-state index in [0.717, 1.165) is 5.56 Å². The first-order valence-corrected chi connectivity index (χ1v) is 8.71. The minimum Gasteiger partial charge on any atom is -0.268 e. The van der Waals surface area contributed by atoms with Crippen molar-refractivity contribution >= 4 is 46.9 Å². The van der Waals surface area contributed by atoms with Gasteiger partial charge in [0.05, 0.1) is 22.8 Å². The lowest BCUT2D eigenvalue weighted by atomic mass is 10.2. The number of benzene rings is 2. The van der Waals surface area contributed by atoms with Gasteiger partial charge in [-0.25, -0.2) is 5.43 Å². The summed E-state index contributed by atoms with van der Waals surface area (Å²) < 4.78 is 1.67. The highest BCUT2D eigenvalue weighted by Gasteiger charge is 2.08. The fourth-order valence-corrected chi connectivity index (χ4v) is 2.60. The van der Waals surface area contributed by atoms with Gasteiger partial charge in [0.2, 0.25) is 0 Å². The first-order valence-electron chi connectivity index (χ1n) is 7.57. The van der Waals surface area contributed by atoms with Gasteiger partial charge in [0.25, 0.3) is 5.91 Å². The first-order chi connectivity index (χ1) is 12.5. The number of hydrazone groups is 1. The topological polar surface area (TPSA) is 59.3 Å². The van der Waals surface area contributed by atoms with E-state index in [1.807, 2.05) is 24.3 Å². The van der Waals surface area contributed by atoms with Crippen LogP contribution in [-0.2, 0) is 6.54 Å². The average Bonchev–Trinajstić information content (AvgIpc) is 3.09. The monoisotopic (exact) mass is 406 g/mol. The molecular formula is C18H13Cl3N4O. The third kappa shape index (κ3) is 4.85. The van der Waals surface area contributed by atoms with E-state index in [1.54, 1.807) is 35.1 Å². The Morgan fingerprint density at radius 2 is 1.85 bits per heavy atom. The SMILES string of the molecule is O=C(N/N=C\c1ccc(Cl)c(Cl)c1)c1ccn(Cc2ccc(Cl)cc2)n1. The van der Waals surface area contributed by atoms with E-state index in [1.165, 1.54) is 6.21 Å². The molecule has 0 radical (unpaired) electrons. The molecule has 0 aliphatic heterocycles. The highest BCUT2D eigenvalue weighted by atomic mass is 35.5. The van der Waals surface area contributed by atoms with Crippen molar-refractivity contribution in [1.29, 1.82) is 0 Å². The van der Waals surface area contributed by atoms with Crippen molar-refractivity contribution in [2.75, 3.05) is 0 Å². The van der Waals surface area contributed by atoms with E-state index in [0.29, 0.717) is 27.2 Å². The number of halogens is 3. The van der Waals surface area contributed by atoms with Crippen molar-refractivity contribution in [2.24, 2.45) is 5.10 Å². The van der Waals surface area contributed by atoms with E-state index >= 15 is 0 Å². The second-order valence-electron chi connectivity index (χ2n) is 5.40. The van der Waals surface area contributed by atoms with Crippen LogP contribution in [0.15, 0.2) is 59.8 Å². The normalized spacial score (nSPS) is 11.0. The molecule has 8 heteroatoms. The highest BCUT2D eigenvalue weighted by molar-refractivity contribution is 6.42. The lowest BCUT2D eigenvalue weighted by Crippen LogP contribution is -2.18. The van der Waals surface area contributed by atoms with Crippen molar-refractivity contribution in [3.8, 4) is 0 Å². The number of rotatable bonds is 5. The molecule has 0 atom stereocenters. The van der Waals surface area contributed by atoms with Gasteiger partial charge in [0.15, 0.2) is 5.69 Å². The average molecular weight is 408 g/mol. The molecule has 2 aromatic carbocycles. The fourth-order valence-electron chi connectivity index (χ4n) is 2.16. The van der Waals surface area contributed by atoms with E-state index in [2.05, 4.69) is 15.6 Å². The summed E-state index contributed by atoms with van der Waals surface area (Å²) in [5.41, 5.74) is 4.44. The van der Waals surface area contributed by atoms with Crippen LogP contribution in [0, 0.1) is 0 Å². The number of hydrogen-bond acceptors (Lipinski definition) is 3. The van der Waals surface area contributed by atoms with Gasteiger partial charge >= 0.3 is 0 Å². The molecule has 0 spiro atoms. The molecule has 1 heterocycles. The molecule has 0 saturated carbocycles. The van der Waals surface area contributed by atoms with Gasteiger partial charge in [-0.15, -0.1) is 0 Å². The fraction of sp³-hybridized carbons (Fsp3) is 0.0556. The molecule has 0 aliphatic rings. The molecule has 1 amide bonds. The van der Waals surface area contributed by atoms with Gasteiger partial charge in [-0.1, -0.05) is 53.0 Å². The Balaban J connectivity index is 1.59. The molecule has 26 heavy (non-hydrogen) atoms. The highest BCUT2D eigenvalue weighted by Crippen LogP contribution is 2.21. The number of aromatic nitrogens is 2. The van der Waals surface area contributed by atoms with E-state index in [4.69, 9.17) is 34.8 Å². The second-order valence-corrected chi connectivity index (χ2v) is 6.65. The Bertz CT molecular complexity index is 951. The minimum absolute atomic E-state index is 0.269. The van der Waals surface area contributed by atoms with Gasteiger partial charge in [0, 0.05) is 11.2 Å². The lowest BCUT2D eigenvalue weighted by molar-refractivity contribution is 0.0949. The molecule has 1 aromatic heterocycles. The van der Waals surface area contributed by atoms with E-state index < -0.39 is 5.91 Å². The zero-order valence-electron chi connectivity index (χ0n) is 13.4. The molecule has 0 saturated heterocycles. The van der Waals surface area contributed by atoms with Crippen LogP contribution in [0.2, 0.25) is 15.1 Å². The number of carbonyl (C=O) groups is 1. The van der Waals surface area contributed by atoms with Crippen LogP contribution < -0.4 is 5.43 Å². The van der Waals surface area contributed by atoms with E-state index in [-0.39, 0.29) is 5.69 Å². The number of nitrogens with one attached hydrogen (secondary N) is 1. The van der Waals surface area contributed by atoms with E-state index in [9.17, 15) is 4.79 Å². The van der Waals surface area contributed by atoms with Crippen LogP contribution >= 0.6 is 34.8 Å². The van der Waals surface area contributed by atoms with Gasteiger partial charge in [-0.2, -0.15) is 10.2 Å². The molecule has 132 valence electrons. The van der Waals surface area contributed by atoms with Gasteiger partial charge in [0.1, 0.15) is 0 Å². The molecule has 3 rings (SSSR count). The van der Waals surface area contributed by atoms with Crippen LogP contribution in [0.5, 0.6) is 0 Å². The summed E-state index contributed by atoms with van der Waals surface area (Å²) in [5, 5.41) is 9.69. The lowest BCUT2D eigenvalue weighted by Gasteiger charge is -2.02. The number of amides is 1. The number of nitrogens with zero attached hydrogens (tertiary/aromatic N) is 3. The predicted octanol–water partition coefficient (Wildman–Crippen LogP) is 4.66. The Hall–Kier alpha value is -2.34. The van der Waals surface area contributed by atoms with Crippen molar-refractivity contribution in [3.63, 3.8) is 0 Å².